The maximum atomic E-state index is 5.30. The Bertz CT molecular complexity index is 779. The lowest BCUT2D eigenvalue weighted by Crippen LogP contribution is -2.03. The van der Waals surface area contributed by atoms with Crippen LogP contribution in [0.3, 0.4) is 0 Å². The molecule has 22 heavy (non-hydrogen) atoms. The third-order valence-corrected chi connectivity index (χ3v) is 3.34. The molecule has 0 bridgehead atoms. The molecule has 0 aromatic carbocycles. The van der Waals surface area contributed by atoms with Crippen LogP contribution in [0.2, 0.25) is 0 Å². The molecular weight excluding hydrogens is 284 g/mol. The average Bonchev–Trinajstić information content (AvgIpc) is 3.14. The molecule has 3 rings (SSSR count). The lowest BCUT2D eigenvalue weighted by Gasteiger charge is -2.02. The summed E-state index contributed by atoms with van der Waals surface area (Å²) in [7, 11) is 1.53. The molecule has 0 N–H and O–H groups in total. The van der Waals surface area contributed by atoms with Crippen molar-refractivity contribution in [1.29, 1.82) is 0 Å². The first-order valence-corrected chi connectivity index (χ1v) is 6.85. The van der Waals surface area contributed by atoms with Crippen LogP contribution < -0.4 is 4.74 Å². The first-order chi connectivity index (χ1) is 10.7. The highest BCUT2D eigenvalue weighted by Crippen LogP contribution is 2.20. The van der Waals surface area contributed by atoms with Crippen LogP contribution in [0.1, 0.15) is 17.3 Å². The summed E-state index contributed by atoms with van der Waals surface area (Å²) in [6.45, 7) is 4.56. The molecule has 0 saturated carbocycles. The summed E-state index contributed by atoms with van der Waals surface area (Å²) in [5.41, 5.74) is 1.44. The van der Waals surface area contributed by atoms with Crippen LogP contribution in [0, 0.1) is 13.8 Å². The molecule has 3 aromatic heterocycles. The van der Waals surface area contributed by atoms with Crippen molar-refractivity contribution in [2.45, 2.75) is 26.8 Å². The van der Waals surface area contributed by atoms with Crippen molar-refractivity contribution in [2.75, 3.05) is 7.11 Å². The molecule has 3 aromatic rings. The van der Waals surface area contributed by atoms with Crippen LogP contribution in [0.15, 0.2) is 23.1 Å². The summed E-state index contributed by atoms with van der Waals surface area (Å²) in [5.74, 6) is 2.01. The summed E-state index contributed by atoms with van der Waals surface area (Å²) in [6.07, 6.45) is 5.99. The summed E-state index contributed by atoms with van der Waals surface area (Å²) < 4.78 is 12.3. The van der Waals surface area contributed by atoms with Gasteiger partial charge < -0.3 is 13.8 Å². The van der Waals surface area contributed by atoms with Crippen LogP contribution >= 0.6 is 0 Å². The van der Waals surface area contributed by atoms with E-state index in [4.69, 9.17) is 9.26 Å². The number of nitrogens with zero attached hydrogens (tertiary/aromatic N) is 6. The van der Waals surface area contributed by atoms with Crippen LogP contribution in [0.25, 0.3) is 11.5 Å². The molecule has 0 radical (unpaired) electrons. The highest BCUT2D eigenvalue weighted by atomic mass is 16.5. The second-order valence-electron chi connectivity index (χ2n) is 4.79. The van der Waals surface area contributed by atoms with Gasteiger partial charge in [0, 0.05) is 31.6 Å². The zero-order valence-corrected chi connectivity index (χ0v) is 12.6. The van der Waals surface area contributed by atoms with Gasteiger partial charge >= 0.3 is 6.01 Å². The number of aryl methyl sites for hydroxylation is 4. The van der Waals surface area contributed by atoms with Gasteiger partial charge in [-0.3, -0.25) is 0 Å². The van der Waals surface area contributed by atoms with E-state index in [1.807, 2.05) is 24.6 Å². The molecule has 0 saturated heterocycles. The van der Waals surface area contributed by atoms with Crippen molar-refractivity contribution < 1.29 is 9.26 Å². The third-order valence-electron chi connectivity index (χ3n) is 3.34. The molecule has 0 aliphatic carbocycles. The molecule has 0 fully saturated rings. The Morgan fingerprint density at radius 3 is 2.77 bits per heavy atom. The van der Waals surface area contributed by atoms with E-state index in [-0.39, 0.29) is 0 Å². The predicted molar refractivity (Wildman–Crippen MR) is 77.3 cm³/mol. The van der Waals surface area contributed by atoms with Gasteiger partial charge in [-0.05, 0) is 13.8 Å². The van der Waals surface area contributed by atoms with Crippen molar-refractivity contribution in [2.24, 2.45) is 0 Å². The van der Waals surface area contributed by atoms with E-state index < -0.39 is 0 Å². The van der Waals surface area contributed by atoms with E-state index in [9.17, 15) is 0 Å². The monoisotopic (exact) mass is 300 g/mol. The van der Waals surface area contributed by atoms with E-state index in [1.165, 1.54) is 7.11 Å². The van der Waals surface area contributed by atoms with Crippen LogP contribution in [-0.2, 0) is 13.0 Å². The molecule has 8 heteroatoms. The van der Waals surface area contributed by atoms with E-state index >= 15 is 0 Å². The molecule has 8 nitrogen and oxygen atoms in total. The maximum absolute atomic E-state index is 5.30. The highest BCUT2D eigenvalue weighted by Gasteiger charge is 2.14. The Morgan fingerprint density at radius 1 is 1.23 bits per heavy atom. The van der Waals surface area contributed by atoms with Gasteiger partial charge in [0.05, 0.1) is 18.4 Å². The lowest BCUT2D eigenvalue weighted by molar-refractivity contribution is 0.378. The largest absolute Gasteiger partial charge is 0.467 e. The number of methoxy groups -OCH3 is 1. The Morgan fingerprint density at radius 2 is 2.09 bits per heavy atom. The molecule has 0 spiro atoms. The molecule has 0 aliphatic heterocycles. The van der Waals surface area contributed by atoms with E-state index in [2.05, 4.69) is 25.1 Å². The fourth-order valence-electron chi connectivity index (χ4n) is 2.08. The summed E-state index contributed by atoms with van der Waals surface area (Å²) >= 11 is 0. The fourth-order valence-corrected chi connectivity index (χ4v) is 2.08. The molecule has 0 unspecified atom stereocenters. The first kappa shape index (κ1) is 14.2. The van der Waals surface area contributed by atoms with Crippen molar-refractivity contribution in [3.05, 3.63) is 35.9 Å². The predicted octanol–water partition coefficient (Wildman–Crippen LogP) is 1.59. The van der Waals surface area contributed by atoms with Crippen LogP contribution in [0.4, 0.5) is 0 Å². The van der Waals surface area contributed by atoms with Gasteiger partial charge in [0.2, 0.25) is 0 Å². The lowest BCUT2D eigenvalue weighted by atomic mass is 10.2. The van der Waals surface area contributed by atoms with Gasteiger partial charge in [-0.1, -0.05) is 5.16 Å². The minimum absolute atomic E-state index is 0.316. The fraction of sp³-hybridized carbons (Fsp3) is 0.357. The molecule has 3 heterocycles. The SMILES string of the molecule is COc1ncc(-c2nc(CCn3ccnc3C)no2)c(C)n1. The zero-order chi connectivity index (χ0) is 15.5. The van der Waals surface area contributed by atoms with E-state index in [0.29, 0.717) is 29.7 Å². The molecular formula is C14H16N6O2. The quantitative estimate of drug-likeness (QED) is 0.706. The Balaban J connectivity index is 1.75. The maximum Gasteiger partial charge on any atom is 0.316 e. The second-order valence-corrected chi connectivity index (χ2v) is 4.79. The van der Waals surface area contributed by atoms with Gasteiger partial charge in [0.15, 0.2) is 5.82 Å². The number of rotatable bonds is 5. The Labute approximate surface area is 127 Å². The zero-order valence-electron chi connectivity index (χ0n) is 12.6. The second kappa shape index (κ2) is 5.92. The van der Waals surface area contributed by atoms with Crippen LogP contribution in [0.5, 0.6) is 6.01 Å². The van der Waals surface area contributed by atoms with Crippen LogP contribution in [-0.4, -0.2) is 36.8 Å². The summed E-state index contributed by atoms with van der Waals surface area (Å²) in [4.78, 5) is 16.8. The number of hydrogen-bond acceptors (Lipinski definition) is 7. The van der Waals surface area contributed by atoms with Gasteiger partial charge in [0.1, 0.15) is 5.82 Å². The molecule has 114 valence electrons. The van der Waals surface area contributed by atoms with E-state index in [1.54, 1.807) is 12.4 Å². The van der Waals surface area contributed by atoms with Gasteiger partial charge in [-0.15, -0.1) is 0 Å². The van der Waals surface area contributed by atoms with E-state index in [0.717, 1.165) is 18.1 Å². The van der Waals surface area contributed by atoms with Crippen molar-refractivity contribution in [3.63, 3.8) is 0 Å². The number of hydrogen-bond donors (Lipinski definition) is 0. The topological polar surface area (TPSA) is 91.8 Å². The van der Waals surface area contributed by atoms with Crippen molar-refractivity contribution in [1.82, 2.24) is 29.7 Å². The molecule has 0 aliphatic rings. The minimum Gasteiger partial charge on any atom is -0.467 e. The third kappa shape index (κ3) is 2.80. The number of imidazole rings is 1. The Hall–Kier alpha value is -2.77. The standard InChI is InChI=1S/C14H16N6O2/c1-9-11(8-16-14(17-9)21-3)13-18-12(19-22-13)4-6-20-7-5-15-10(20)2/h5,7-8H,4,6H2,1-3H3. The summed E-state index contributed by atoms with van der Waals surface area (Å²) in [5, 5.41) is 4.00. The summed E-state index contributed by atoms with van der Waals surface area (Å²) in [6, 6.07) is 0.316. The normalized spacial score (nSPS) is 10.9. The van der Waals surface area contributed by atoms with Crippen molar-refractivity contribution in [3.8, 4) is 17.5 Å². The van der Waals surface area contributed by atoms with Gasteiger partial charge in [-0.25, -0.2) is 9.97 Å². The van der Waals surface area contributed by atoms with Crippen molar-refractivity contribution >= 4 is 0 Å². The minimum atomic E-state index is 0.316. The highest BCUT2D eigenvalue weighted by molar-refractivity contribution is 5.54. The smallest absolute Gasteiger partial charge is 0.316 e. The first-order valence-electron chi connectivity index (χ1n) is 6.85. The van der Waals surface area contributed by atoms with Gasteiger partial charge in [0.25, 0.3) is 5.89 Å². The number of aromatic nitrogens is 6. The molecule has 0 atom stereocenters. The number of ether oxygens (including phenoxy) is 1. The van der Waals surface area contributed by atoms with Gasteiger partial charge in [-0.2, -0.15) is 9.97 Å². The molecule has 0 amide bonds. The average molecular weight is 300 g/mol. The Kier molecular flexibility index (Phi) is 3.82.